The first-order valence-electron chi connectivity index (χ1n) is 8.50. The standard InChI is InChI=1S/C20H23NO5S/c1-14(27-18-9-7-16(25-2)8-10-18)20(24)21-12-11-15-3-5-17(6-4-15)26-13-19(22)23/h3-10,14H,11-13H2,1-2H3,(H,21,24)(H,22,23). The minimum absolute atomic E-state index is 0.0165. The van der Waals surface area contributed by atoms with Crippen molar-refractivity contribution in [3.8, 4) is 11.5 Å². The molecule has 0 aliphatic rings. The van der Waals surface area contributed by atoms with Crippen LogP contribution in [0.5, 0.6) is 11.5 Å². The predicted octanol–water partition coefficient (Wildman–Crippen LogP) is 3.00. The van der Waals surface area contributed by atoms with Gasteiger partial charge in [-0.2, -0.15) is 0 Å². The Labute approximate surface area is 162 Å². The third kappa shape index (κ3) is 7.22. The van der Waals surface area contributed by atoms with E-state index in [9.17, 15) is 9.59 Å². The van der Waals surface area contributed by atoms with E-state index in [1.54, 1.807) is 19.2 Å². The van der Waals surface area contributed by atoms with Gasteiger partial charge in [0.1, 0.15) is 11.5 Å². The van der Waals surface area contributed by atoms with Crippen LogP contribution in [0.25, 0.3) is 0 Å². The third-order valence-corrected chi connectivity index (χ3v) is 4.85. The van der Waals surface area contributed by atoms with E-state index in [-0.39, 0.29) is 17.8 Å². The van der Waals surface area contributed by atoms with Crippen LogP contribution in [-0.4, -0.2) is 42.5 Å². The van der Waals surface area contributed by atoms with Crippen LogP contribution in [0.4, 0.5) is 0 Å². The number of aliphatic carboxylic acids is 1. The van der Waals surface area contributed by atoms with E-state index in [2.05, 4.69) is 5.32 Å². The molecule has 144 valence electrons. The molecule has 2 aromatic rings. The fourth-order valence-electron chi connectivity index (χ4n) is 2.28. The predicted molar refractivity (Wildman–Crippen MR) is 105 cm³/mol. The molecule has 0 saturated carbocycles. The van der Waals surface area contributed by atoms with Gasteiger partial charge in [-0.25, -0.2) is 4.79 Å². The second kappa shape index (κ2) is 10.5. The number of amides is 1. The van der Waals surface area contributed by atoms with Gasteiger partial charge in [-0.3, -0.25) is 4.79 Å². The molecule has 0 heterocycles. The van der Waals surface area contributed by atoms with E-state index in [4.69, 9.17) is 14.6 Å². The van der Waals surface area contributed by atoms with Gasteiger partial charge in [-0.05, 0) is 55.3 Å². The third-order valence-electron chi connectivity index (χ3n) is 3.74. The van der Waals surface area contributed by atoms with Crippen molar-refractivity contribution in [1.29, 1.82) is 0 Å². The molecule has 27 heavy (non-hydrogen) atoms. The number of ether oxygens (including phenoxy) is 2. The van der Waals surface area contributed by atoms with E-state index in [1.165, 1.54) is 11.8 Å². The molecule has 7 heteroatoms. The number of carbonyl (C=O) groups excluding carboxylic acids is 1. The summed E-state index contributed by atoms with van der Waals surface area (Å²) in [6.45, 7) is 2.04. The first-order valence-corrected chi connectivity index (χ1v) is 9.38. The average molecular weight is 389 g/mol. The van der Waals surface area contributed by atoms with Gasteiger partial charge < -0.3 is 19.9 Å². The highest BCUT2D eigenvalue weighted by Gasteiger charge is 2.13. The molecule has 0 spiro atoms. The molecular weight excluding hydrogens is 366 g/mol. The second-order valence-electron chi connectivity index (χ2n) is 5.80. The van der Waals surface area contributed by atoms with Crippen molar-refractivity contribution in [3.63, 3.8) is 0 Å². The van der Waals surface area contributed by atoms with Gasteiger partial charge in [0, 0.05) is 11.4 Å². The molecule has 0 saturated heterocycles. The maximum Gasteiger partial charge on any atom is 0.341 e. The summed E-state index contributed by atoms with van der Waals surface area (Å²) >= 11 is 1.49. The first-order chi connectivity index (χ1) is 13.0. The molecule has 0 aromatic heterocycles. The van der Waals surface area contributed by atoms with Crippen molar-refractivity contribution < 1.29 is 24.2 Å². The summed E-state index contributed by atoms with van der Waals surface area (Å²) in [5, 5.41) is 11.3. The largest absolute Gasteiger partial charge is 0.497 e. The Bertz CT molecular complexity index is 746. The smallest absolute Gasteiger partial charge is 0.341 e. The molecule has 2 rings (SSSR count). The Balaban J connectivity index is 1.73. The Morgan fingerprint density at radius 1 is 1.07 bits per heavy atom. The van der Waals surface area contributed by atoms with Crippen LogP contribution in [0.2, 0.25) is 0 Å². The van der Waals surface area contributed by atoms with Gasteiger partial charge in [0.25, 0.3) is 0 Å². The summed E-state index contributed by atoms with van der Waals surface area (Å²) in [6.07, 6.45) is 0.685. The van der Waals surface area contributed by atoms with E-state index in [1.807, 2.05) is 43.3 Å². The summed E-state index contributed by atoms with van der Waals surface area (Å²) in [6, 6.07) is 14.8. The van der Waals surface area contributed by atoms with Crippen LogP contribution in [0.15, 0.2) is 53.4 Å². The zero-order chi connectivity index (χ0) is 19.6. The highest BCUT2D eigenvalue weighted by atomic mass is 32.2. The maximum atomic E-state index is 12.2. The van der Waals surface area contributed by atoms with E-state index >= 15 is 0 Å². The number of methoxy groups -OCH3 is 1. The molecule has 6 nitrogen and oxygen atoms in total. The summed E-state index contributed by atoms with van der Waals surface area (Å²) in [5.74, 6) is 0.270. The molecular formula is C20H23NO5S. The monoisotopic (exact) mass is 389 g/mol. The van der Waals surface area contributed by atoms with Crippen LogP contribution in [0, 0.1) is 0 Å². The number of hydrogen-bond donors (Lipinski definition) is 2. The highest BCUT2D eigenvalue weighted by molar-refractivity contribution is 8.00. The molecule has 1 atom stereocenters. The van der Waals surface area contributed by atoms with E-state index in [0.717, 1.165) is 16.2 Å². The van der Waals surface area contributed by atoms with Crippen LogP contribution in [0.3, 0.4) is 0 Å². The van der Waals surface area contributed by atoms with Gasteiger partial charge in [-0.1, -0.05) is 12.1 Å². The van der Waals surface area contributed by atoms with Gasteiger partial charge in [0.2, 0.25) is 5.91 Å². The Hall–Kier alpha value is -2.67. The topological polar surface area (TPSA) is 84.9 Å². The number of thioether (sulfide) groups is 1. The number of carbonyl (C=O) groups is 2. The molecule has 2 aromatic carbocycles. The molecule has 0 radical (unpaired) electrons. The second-order valence-corrected chi connectivity index (χ2v) is 7.22. The van der Waals surface area contributed by atoms with Crippen LogP contribution < -0.4 is 14.8 Å². The lowest BCUT2D eigenvalue weighted by Gasteiger charge is -2.12. The van der Waals surface area contributed by atoms with Gasteiger partial charge in [0.05, 0.1) is 12.4 Å². The summed E-state index contributed by atoms with van der Waals surface area (Å²) < 4.78 is 10.2. The lowest BCUT2D eigenvalue weighted by molar-refractivity contribution is -0.139. The van der Waals surface area contributed by atoms with E-state index < -0.39 is 5.97 Å². The minimum Gasteiger partial charge on any atom is -0.497 e. The van der Waals surface area contributed by atoms with E-state index in [0.29, 0.717) is 18.7 Å². The Morgan fingerprint density at radius 3 is 2.30 bits per heavy atom. The van der Waals surface area contributed by atoms with Crippen molar-refractivity contribution in [3.05, 3.63) is 54.1 Å². The number of carboxylic acids is 1. The SMILES string of the molecule is COc1ccc(SC(C)C(=O)NCCc2ccc(OCC(=O)O)cc2)cc1. The minimum atomic E-state index is -1.01. The molecule has 0 aliphatic carbocycles. The van der Waals surface area contributed by atoms with Crippen molar-refractivity contribution in [2.75, 3.05) is 20.3 Å². The highest BCUT2D eigenvalue weighted by Crippen LogP contribution is 2.25. The number of nitrogens with one attached hydrogen (secondary N) is 1. The van der Waals surface area contributed by atoms with Crippen LogP contribution in [-0.2, 0) is 16.0 Å². The number of hydrogen-bond acceptors (Lipinski definition) is 5. The summed E-state index contributed by atoms with van der Waals surface area (Å²) in [4.78, 5) is 23.7. The fourth-order valence-corrected chi connectivity index (χ4v) is 3.17. The first kappa shape index (κ1) is 20.6. The van der Waals surface area contributed by atoms with Crippen molar-refractivity contribution in [1.82, 2.24) is 5.32 Å². The summed E-state index contributed by atoms with van der Waals surface area (Å²) in [5.41, 5.74) is 1.04. The van der Waals surface area contributed by atoms with Gasteiger partial charge in [-0.15, -0.1) is 11.8 Å². The fraction of sp³-hybridized carbons (Fsp3) is 0.300. The Morgan fingerprint density at radius 2 is 1.70 bits per heavy atom. The maximum absolute atomic E-state index is 12.2. The number of benzene rings is 2. The average Bonchev–Trinajstić information content (AvgIpc) is 2.67. The molecule has 2 N–H and O–H groups in total. The molecule has 0 fully saturated rings. The quantitative estimate of drug-likeness (QED) is 0.608. The molecule has 1 amide bonds. The van der Waals surface area contributed by atoms with Crippen LogP contribution in [0.1, 0.15) is 12.5 Å². The number of carboxylic acid groups (broad SMARTS) is 1. The normalized spacial score (nSPS) is 11.5. The number of rotatable bonds is 10. The Kier molecular flexibility index (Phi) is 8.00. The van der Waals surface area contributed by atoms with Crippen molar-refractivity contribution in [2.24, 2.45) is 0 Å². The van der Waals surface area contributed by atoms with Gasteiger partial charge in [0.15, 0.2) is 6.61 Å². The zero-order valence-corrected chi connectivity index (χ0v) is 16.1. The molecule has 0 aliphatic heterocycles. The van der Waals surface area contributed by atoms with Gasteiger partial charge >= 0.3 is 5.97 Å². The molecule has 0 bridgehead atoms. The molecule has 1 unspecified atom stereocenters. The van der Waals surface area contributed by atoms with Crippen molar-refractivity contribution >= 4 is 23.6 Å². The van der Waals surface area contributed by atoms with Crippen molar-refractivity contribution in [2.45, 2.75) is 23.5 Å². The zero-order valence-electron chi connectivity index (χ0n) is 15.3. The summed E-state index contributed by atoms with van der Waals surface area (Å²) in [7, 11) is 1.62. The van der Waals surface area contributed by atoms with Crippen LogP contribution >= 0.6 is 11.8 Å². The lowest BCUT2D eigenvalue weighted by Crippen LogP contribution is -2.32. The lowest BCUT2D eigenvalue weighted by atomic mass is 10.1.